The number of aliphatic carboxylic acids is 1. The fourth-order valence-corrected chi connectivity index (χ4v) is 2.38. The summed E-state index contributed by atoms with van der Waals surface area (Å²) in [5.74, 6) is 1.01. The second kappa shape index (κ2) is 6.12. The van der Waals surface area contributed by atoms with Gasteiger partial charge in [0.2, 0.25) is 0 Å². The maximum absolute atomic E-state index is 11.0. The number of hydrogen-bond donors (Lipinski definition) is 2. The molecule has 0 saturated carbocycles. The van der Waals surface area contributed by atoms with Crippen LogP contribution in [0.5, 0.6) is 0 Å². The van der Waals surface area contributed by atoms with Gasteiger partial charge in [0.25, 0.3) is 0 Å². The number of carboxylic acids is 1. The van der Waals surface area contributed by atoms with Gasteiger partial charge in [0.05, 0.1) is 6.26 Å². The van der Waals surface area contributed by atoms with Crippen LogP contribution in [0.15, 0.2) is 21.6 Å². The van der Waals surface area contributed by atoms with Crippen molar-refractivity contribution in [1.82, 2.24) is 5.32 Å². The summed E-state index contributed by atoms with van der Waals surface area (Å²) in [7, 11) is 1.68. The van der Waals surface area contributed by atoms with Crippen molar-refractivity contribution < 1.29 is 14.3 Å². The van der Waals surface area contributed by atoms with Gasteiger partial charge in [-0.05, 0) is 45.6 Å². The molecular formula is C12H19NO3S. The van der Waals surface area contributed by atoms with E-state index in [0.717, 1.165) is 22.8 Å². The first kappa shape index (κ1) is 14.1. The summed E-state index contributed by atoms with van der Waals surface area (Å²) in [5, 5.41) is 11.9. The van der Waals surface area contributed by atoms with E-state index in [1.807, 2.05) is 13.0 Å². The van der Waals surface area contributed by atoms with E-state index in [1.54, 1.807) is 32.0 Å². The monoisotopic (exact) mass is 257 g/mol. The van der Waals surface area contributed by atoms with Crippen molar-refractivity contribution in [1.29, 1.82) is 0 Å². The van der Waals surface area contributed by atoms with Crippen molar-refractivity contribution in [3.05, 3.63) is 18.1 Å². The first-order valence-electron chi connectivity index (χ1n) is 5.59. The van der Waals surface area contributed by atoms with Crippen LogP contribution in [-0.2, 0) is 4.79 Å². The van der Waals surface area contributed by atoms with Crippen LogP contribution in [0.25, 0.3) is 0 Å². The molecule has 0 aliphatic rings. The normalized spacial score (nSPS) is 14.5. The standard InChI is InChI=1S/C12H19NO3S/c1-9-10(5-7-16-9)17-8-4-6-12(2,13-3)11(14)15/h5,7,13H,4,6,8H2,1-3H3,(H,14,15). The molecule has 96 valence electrons. The van der Waals surface area contributed by atoms with Gasteiger partial charge in [-0.3, -0.25) is 4.79 Å². The molecule has 1 unspecified atom stereocenters. The predicted octanol–water partition coefficient (Wildman–Crippen LogP) is 2.52. The molecule has 2 N–H and O–H groups in total. The molecule has 1 aromatic rings. The highest BCUT2D eigenvalue weighted by molar-refractivity contribution is 7.99. The van der Waals surface area contributed by atoms with Gasteiger partial charge < -0.3 is 14.8 Å². The average Bonchev–Trinajstić information content (AvgIpc) is 2.70. The summed E-state index contributed by atoms with van der Waals surface area (Å²) in [4.78, 5) is 12.2. The van der Waals surface area contributed by atoms with Gasteiger partial charge in [-0.25, -0.2) is 0 Å². The van der Waals surface area contributed by atoms with E-state index in [2.05, 4.69) is 5.32 Å². The van der Waals surface area contributed by atoms with Gasteiger partial charge in [0, 0.05) is 4.90 Å². The second-order valence-corrected chi connectivity index (χ2v) is 5.32. The van der Waals surface area contributed by atoms with Crippen LogP contribution >= 0.6 is 11.8 Å². The minimum atomic E-state index is -0.827. The zero-order valence-corrected chi connectivity index (χ0v) is 11.3. The van der Waals surface area contributed by atoms with Crippen LogP contribution in [0, 0.1) is 6.92 Å². The van der Waals surface area contributed by atoms with Crippen LogP contribution in [0.4, 0.5) is 0 Å². The fraction of sp³-hybridized carbons (Fsp3) is 0.583. The molecule has 0 radical (unpaired) electrons. The van der Waals surface area contributed by atoms with Crippen LogP contribution in [-0.4, -0.2) is 29.4 Å². The van der Waals surface area contributed by atoms with E-state index in [9.17, 15) is 4.79 Å². The van der Waals surface area contributed by atoms with Gasteiger partial charge in [-0.1, -0.05) is 0 Å². The molecule has 0 amide bonds. The molecule has 0 aromatic carbocycles. The quantitative estimate of drug-likeness (QED) is 0.580. The maximum Gasteiger partial charge on any atom is 0.323 e. The molecule has 0 fully saturated rings. The molecule has 0 bridgehead atoms. The highest BCUT2D eigenvalue weighted by Crippen LogP contribution is 2.25. The number of carboxylic acid groups (broad SMARTS) is 1. The fourth-order valence-electron chi connectivity index (χ4n) is 1.47. The number of furan rings is 1. The van der Waals surface area contributed by atoms with Gasteiger partial charge in [-0.2, -0.15) is 0 Å². The first-order chi connectivity index (χ1) is 7.99. The zero-order chi connectivity index (χ0) is 12.9. The van der Waals surface area contributed by atoms with E-state index in [4.69, 9.17) is 9.52 Å². The van der Waals surface area contributed by atoms with E-state index in [-0.39, 0.29) is 0 Å². The number of hydrogen-bond acceptors (Lipinski definition) is 4. The largest absolute Gasteiger partial charge is 0.480 e. The number of likely N-dealkylation sites (N-methyl/N-ethyl adjacent to an activating group) is 1. The highest BCUT2D eigenvalue weighted by Gasteiger charge is 2.30. The van der Waals surface area contributed by atoms with E-state index >= 15 is 0 Å². The number of nitrogens with one attached hydrogen (secondary N) is 1. The molecule has 1 rings (SSSR count). The molecular weight excluding hydrogens is 238 g/mol. The molecule has 0 aliphatic carbocycles. The summed E-state index contributed by atoms with van der Waals surface area (Å²) >= 11 is 1.70. The molecule has 1 aromatic heterocycles. The molecule has 1 heterocycles. The van der Waals surface area contributed by atoms with Crippen LogP contribution in [0.1, 0.15) is 25.5 Å². The minimum absolute atomic E-state index is 0.614. The number of aryl methyl sites for hydroxylation is 1. The third-order valence-electron chi connectivity index (χ3n) is 2.91. The number of rotatable bonds is 7. The lowest BCUT2D eigenvalue weighted by Gasteiger charge is -2.23. The number of thioether (sulfide) groups is 1. The third kappa shape index (κ3) is 3.78. The molecule has 0 aliphatic heterocycles. The Morgan fingerprint density at radius 3 is 2.82 bits per heavy atom. The van der Waals surface area contributed by atoms with Crippen molar-refractivity contribution >= 4 is 17.7 Å². The van der Waals surface area contributed by atoms with Gasteiger partial charge in [0.1, 0.15) is 11.3 Å². The second-order valence-electron chi connectivity index (χ2n) is 4.18. The van der Waals surface area contributed by atoms with Gasteiger partial charge in [0.15, 0.2) is 0 Å². The topological polar surface area (TPSA) is 62.5 Å². The van der Waals surface area contributed by atoms with Crippen molar-refractivity contribution in [2.24, 2.45) is 0 Å². The average molecular weight is 257 g/mol. The van der Waals surface area contributed by atoms with E-state index < -0.39 is 11.5 Å². The lowest BCUT2D eigenvalue weighted by atomic mass is 9.97. The van der Waals surface area contributed by atoms with Crippen molar-refractivity contribution in [3.8, 4) is 0 Å². The SMILES string of the molecule is CNC(C)(CCCSc1ccoc1C)C(=O)O. The molecule has 0 saturated heterocycles. The zero-order valence-electron chi connectivity index (χ0n) is 10.4. The van der Waals surface area contributed by atoms with Gasteiger partial charge in [-0.15, -0.1) is 11.8 Å². The lowest BCUT2D eigenvalue weighted by molar-refractivity contribution is -0.144. The molecule has 4 nitrogen and oxygen atoms in total. The van der Waals surface area contributed by atoms with Crippen molar-refractivity contribution in [2.75, 3.05) is 12.8 Å². The maximum atomic E-state index is 11.0. The summed E-state index contributed by atoms with van der Waals surface area (Å²) < 4.78 is 5.19. The molecule has 17 heavy (non-hydrogen) atoms. The Morgan fingerprint density at radius 1 is 1.65 bits per heavy atom. The van der Waals surface area contributed by atoms with Crippen LogP contribution < -0.4 is 5.32 Å². The highest BCUT2D eigenvalue weighted by atomic mass is 32.2. The Kier molecular flexibility index (Phi) is 5.08. The number of carbonyl (C=O) groups is 1. The van der Waals surface area contributed by atoms with E-state index in [0.29, 0.717) is 6.42 Å². The summed E-state index contributed by atoms with van der Waals surface area (Å²) in [6.07, 6.45) is 3.13. The molecule has 0 spiro atoms. The lowest BCUT2D eigenvalue weighted by Crippen LogP contribution is -2.47. The third-order valence-corrected chi connectivity index (χ3v) is 4.14. The summed E-state index contributed by atoms with van der Waals surface area (Å²) in [6.45, 7) is 3.64. The Labute approximate surface area is 106 Å². The first-order valence-corrected chi connectivity index (χ1v) is 6.57. The Balaban J connectivity index is 2.33. The van der Waals surface area contributed by atoms with Crippen molar-refractivity contribution in [3.63, 3.8) is 0 Å². The molecule has 1 atom stereocenters. The smallest absolute Gasteiger partial charge is 0.323 e. The van der Waals surface area contributed by atoms with Crippen LogP contribution in [0.3, 0.4) is 0 Å². The minimum Gasteiger partial charge on any atom is -0.480 e. The van der Waals surface area contributed by atoms with Crippen molar-refractivity contribution in [2.45, 2.75) is 37.1 Å². The van der Waals surface area contributed by atoms with Gasteiger partial charge >= 0.3 is 5.97 Å². The Hall–Kier alpha value is -0.940. The summed E-state index contributed by atoms with van der Waals surface area (Å²) in [6, 6.07) is 1.94. The van der Waals surface area contributed by atoms with Crippen LogP contribution in [0.2, 0.25) is 0 Å². The van der Waals surface area contributed by atoms with E-state index in [1.165, 1.54) is 0 Å². The molecule has 5 heteroatoms. The Bertz CT molecular complexity index is 378. The summed E-state index contributed by atoms with van der Waals surface area (Å²) in [5.41, 5.74) is -0.827. The predicted molar refractivity (Wildman–Crippen MR) is 68.5 cm³/mol. The Morgan fingerprint density at radius 2 is 2.35 bits per heavy atom.